The lowest BCUT2D eigenvalue weighted by molar-refractivity contribution is 0.438. The molecular formula is C13H16Cl2N2S. The number of anilines is 1. The molecule has 1 aliphatic rings. The van der Waals surface area contributed by atoms with Crippen molar-refractivity contribution in [2.24, 2.45) is 10.4 Å². The largest absolute Gasteiger partial charge is 0.333 e. The number of amidine groups is 1. The molecule has 0 aliphatic carbocycles. The van der Waals surface area contributed by atoms with E-state index in [2.05, 4.69) is 24.2 Å². The van der Waals surface area contributed by atoms with Gasteiger partial charge in [0.05, 0.1) is 15.7 Å². The lowest BCUT2D eigenvalue weighted by Crippen LogP contribution is -2.27. The molecule has 0 radical (unpaired) electrons. The molecule has 5 heteroatoms. The number of nitrogens with one attached hydrogen (secondary N) is 1. The number of rotatable bonds is 1. The van der Waals surface area contributed by atoms with Gasteiger partial charge < -0.3 is 5.32 Å². The second-order valence-electron chi connectivity index (χ2n) is 5.25. The molecule has 0 saturated carbocycles. The normalized spacial score (nSPS) is 18.4. The topological polar surface area (TPSA) is 24.4 Å². The van der Waals surface area contributed by atoms with Gasteiger partial charge in [0.15, 0.2) is 5.17 Å². The summed E-state index contributed by atoms with van der Waals surface area (Å²) < 4.78 is 0. The van der Waals surface area contributed by atoms with Gasteiger partial charge in [-0.1, -0.05) is 54.9 Å². The molecule has 0 fully saturated rings. The van der Waals surface area contributed by atoms with Crippen molar-refractivity contribution in [3.63, 3.8) is 0 Å². The Labute approximate surface area is 122 Å². The Kier molecular flexibility index (Phi) is 4.15. The molecule has 98 valence electrons. The van der Waals surface area contributed by atoms with Gasteiger partial charge in [-0.25, -0.2) is 0 Å². The average molecular weight is 303 g/mol. The Morgan fingerprint density at radius 2 is 2.06 bits per heavy atom. The van der Waals surface area contributed by atoms with Crippen molar-refractivity contribution in [3.05, 3.63) is 27.7 Å². The number of hydrogen-bond acceptors (Lipinski definition) is 3. The summed E-state index contributed by atoms with van der Waals surface area (Å²) in [5.74, 6) is 1.04. The summed E-state index contributed by atoms with van der Waals surface area (Å²) >= 11 is 14.1. The second kappa shape index (κ2) is 5.32. The number of halogens is 2. The van der Waals surface area contributed by atoms with E-state index in [1.165, 1.54) is 0 Å². The molecule has 1 aliphatic heterocycles. The first-order valence-electron chi connectivity index (χ1n) is 5.78. The molecule has 0 spiro atoms. The van der Waals surface area contributed by atoms with Crippen molar-refractivity contribution in [2.75, 3.05) is 17.6 Å². The summed E-state index contributed by atoms with van der Waals surface area (Å²) in [6, 6.07) is 3.76. The third-order valence-corrected chi connectivity index (χ3v) is 5.00. The first-order chi connectivity index (χ1) is 8.39. The molecule has 1 N–H and O–H groups in total. The fourth-order valence-electron chi connectivity index (χ4n) is 1.59. The van der Waals surface area contributed by atoms with E-state index < -0.39 is 0 Å². The van der Waals surface area contributed by atoms with Crippen LogP contribution in [0, 0.1) is 12.3 Å². The molecule has 0 amide bonds. The zero-order valence-electron chi connectivity index (χ0n) is 10.7. The van der Waals surface area contributed by atoms with E-state index in [1.807, 2.05) is 19.1 Å². The molecule has 0 atom stereocenters. The minimum absolute atomic E-state index is 0.260. The van der Waals surface area contributed by atoms with E-state index >= 15 is 0 Å². The Morgan fingerprint density at radius 3 is 2.67 bits per heavy atom. The minimum Gasteiger partial charge on any atom is -0.333 e. The molecule has 1 heterocycles. The predicted molar refractivity (Wildman–Crippen MR) is 83.4 cm³/mol. The van der Waals surface area contributed by atoms with Crippen molar-refractivity contribution in [3.8, 4) is 0 Å². The third-order valence-electron chi connectivity index (χ3n) is 2.77. The summed E-state index contributed by atoms with van der Waals surface area (Å²) in [5, 5.41) is 5.42. The van der Waals surface area contributed by atoms with Gasteiger partial charge in [-0.15, -0.1) is 0 Å². The molecule has 2 rings (SSSR count). The van der Waals surface area contributed by atoms with Crippen molar-refractivity contribution in [1.82, 2.24) is 0 Å². The Bertz CT molecular complexity index is 498. The van der Waals surface area contributed by atoms with Crippen LogP contribution in [-0.4, -0.2) is 17.5 Å². The van der Waals surface area contributed by atoms with Gasteiger partial charge in [-0.2, -0.15) is 0 Å². The van der Waals surface area contributed by atoms with E-state index in [9.17, 15) is 0 Å². The van der Waals surface area contributed by atoms with Gasteiger partial charge in [-0.3, -0.25) is 4.99 Å². The second-order valence-corrected chi connectivity index (χ2v) is 7.00. The zero-order chi connectivity index (χ0) is 13.3. The van der Waals surface area contributed by atoms with E-state index in [0.717, 1.165) is 28.7 Å². The summed E-state index contributed by atoms with van der Waals surface area (Å²) in [6.45, 7) is 7.21. The Balaban J connectivity index is 2.21. The van der Waals surface area contributed by atoms with Crippen LogP contribution < -0.4 is 5.32 Å². The maximum absolute atomic E-state index is 6.26. The maximum atomic E-state index is 6.26. The summed E-state index contributed by atoms with van der Waals surface area (Å²) in [4.78, 5) is 4.54. The van der Waals surface area contributed by atoms with Crippen LogP contribution in [0.5, 0.6) is 0 Å². The van der Waals surface area contributed by atoms with E-state index in [4.69, 9.17) is 23.2 Å². The quantitative estimate of drug-likeness (QED) is 0.802. The predicted octanol–water partition coefficient (Wildman–Crippen LogP) is 4.84. The molecule has 1 aromatic carbocycles. The number of thioether (sulfide) groups is 1. The number of benzene rings is 1. The smallest absolute Gasteiger partial charge is 0.161 e. The highest BCUT2D eigenvalue weighted by molar-refractivity contribution is 8.14. The number of aryl methyl sites for hydroxylation is 1. The van der Waals surface area contributed by atoms with E-state index in [1.54, 1.807) is 11.8 Å². The SMILES string of the molecule is Cc1ccc(Cl)c(NC2=NCC(C)(C)CS2)c1Cl. The minimum atomic E-state index is 0.260. The lowest BCUT2D eigenvalue weighted by atomic mass is 9.97. The van der Waals surface area contributed by atoms with Crippen LogP contribution in [-0.2, 0) is 0 Å². The summed E-state index contributed by atoms with van der Waals surface area (Å²) in [5.41, 5.74) is 2.02. The molecular weight excluding hydrogens is 287 g/mol. The first kappa shape index (κ1) is 14.0. The van der Waals surface area contributed by atoms with Crippen molar-refractivity contribution < 1.29 is 0 Å². The fourth-order valence-corrected chi connectivity index (χ4v) is 3.01. The van der Waals surface area contributed by atoms with Gasteiger partial charge in [-0.05, 0) is 24.0 Å². The van der Waals surface area contributed by atoms with Crippen LogP contribution >= 0.6 is 35.0 Å². The van der Waals surface area contributed by atoms with Crippen molar-refractivity contribution >= 4 is 45.8 Å². The number of hydrogen-bond donors (Lipinski definition) is 1. The number of nitrogens with zero attached hydrogens (tertiary/aromatic N) is 1. The van der Waals surface area contributed by atoms with Crippen LogP contribution in [0.15, 0.2) is 17.1 Å². The molecule has 0 bridgehead atoms. The van der Waals surface area contributed by atoms with Crippen LogP contribution in [0.1, 0.15) is 19.4 Å². The van der Waals surface area contributed by atoms with Gasteiger partial charge in [0, 0.05) is 12.3 Å². The van der Waals surface area contributed by atoms with Crippen LogP contribution in [0.3, 0.4) is 0 Å². The average Bonchev–Trinajstić information content (AvgIpc) is 2.32. The van der Waals surface area contributed by atoms with Crippen LogP contribution in [0.25, 0.3) is 0 Å². The molecule has 0 unspecified atom stereocenters. The lowest BCUT2D eigenvalue weighted by Gasteiger charge is -2.27. The van der Waals surface area contributed by atoms with Crippen molar-refractivity contribution in [1.29, 1.82) is 0 Å². The monoisotopic (exact) mass is 302 g/mol. The highest BCUT2D eigenvalue weighted by Crippen LogP contribution is 2.35. The maximum Gasteiger partial charge on any atom is 0.161 e. The zero-order valence-corrected chi connectivity index (χ0v) is 13.0. The van der Waals surface area contributed by atoms with Crippen molar-refractivity contribution in [2.45, 2.75) is 20.8 Å². The molecule has 0 saturated heterocycles. The van der Waals surface area contributed by atoms with E-state index in [-0.39, 0.29) is 5.41 Å². The van der Waals surface area contributed by atoms with Gasteiger partial charge in [0.2, 0.25) is 0 Å². The standard InChI is InChI=1S/C13H16Cl2N2S/c1-8-4-5-9(14)11(10(8)15)17-12-16-6-13(2,3)7-18-12/h4-5H,6-7H2,1-3H3,(H,16,17). The Morgan fingerprint density at radius 1 is 1.33 bits per heavy atom. The third kappa shape index (κ3) is 3.14. The van der Waals surface area contributed by atoms with Gasteiger partial charge in [0.25, 0.3) is 0 Å². The first-order valence-corrected chi connectivity index (χ1v) is 7.52. The number of aliphatic imine (C=N–C) groups is 1. The van der Waals surface area contributed by atoms with Crippen LogP contribution in [0.2, 0.25) is 10.0 Å². The Hall–Kier alpha value is -0.380. The molecule has 0 aromatic heterocycles. The molecule has 18 heavy (non-hydrogen) atoms. The molecule has 2 nitrogen and oxygen atoms in total. The summed E-state index contributed by atoms with van der Waals surface area (Å²) in [7, 11) is 0. The summed E-state index contributed by atoms with van der Waals surface area (Å²) in [6.07, 6.45) is 0. The highest BCUT2D eigenvalue weighted by atomic mass is 35.5. The molecule has 1 aromatic rings. The van der Waals surface area contributed by atoms with E-state index in [0.29, 0.717) is 10.0 Å². The fraction of sp³-hybridized carbons (Fsp3) is 0.462. The van der Waals surface area contributed by atoms with Gasteiger partial charge in [0.1, 0.15) is 0 Å². The van der Waals surface area contributed by atoms with Gasteiger partial charge >= 0.3 is 0 Å². The van der Waals surface area contributed by atoms with Crippen LogP contribution in [0.4, 0.5) is 5.69 Å². The highest BCUT2D eigenvalue weighted by Gasteiger charge is 2.24.